The molecular formula is C25H28N2O4. The van der Waals surface area contributed by atoms with Gasteiger partial charge in [-0.1, -0.05) is 49.6 Å². The van der Waals surface area contributed by atoms with Crippen molar-refractivity contribution >= 4 is 17.6 Å². The Morgan fingerprint density at radius 1 is 0.839 bits per heavy atom. The van der Waals surface area contributed by atoms with Gasteiger partial charge in [-0.05, 0) is 49.9 Å². The molecule has 1 aliphatic carbocycles. The van der Waals surface area contributed by atoms with Gasteiger partial charge < -0.3 is 15.0 Å². The van der Waals surface area contributed by atoms with Crippen LogP contribution in [-0.4, -0.2) is 41.1 Å². The summed E-state index contributed by atoms with van der Waals surface area (Å²) in [6.45, 7) is 0.424. The summed E-state index contributed by atoms with van der Waals surface area (Å²) < 4.78 is 5.83. The molecule has 1 aliphatic heterocycles. The maximum atomic E-state index is 13.2. The van der Waals surface area contributed by atoms with Crippen LogP contribution in [-0.2, 0) is 9.59 Å². The second kappa shape index (κ2) is 9.77. The molecule has 2 aromatic rings. The Labute approximate surface area is 182 Å². The Kier molecular flexibility index (Phi) is 6.65. The van der Waals surface area contributed by atoms with Gasteiger partial charge in [-0.3, -0.25) is 14.4 Å². The van der Waals surface area contributed by atoms with E-state index in [1.807, 2.05) is 30.3 Å². The Balaban J connectivity index is 1.43. The van der Waals surface area contributed by atoms with Gasteiger partial charge in [0.15, 0.2) is 5.78 Å². The quantitative estimate of drug-likeness (QED) is 0.584. The molecule has 0 radical (unpaired) electrons. The molecule has 1 atom stereocenters. The zero-order valence-corrected chi connectivity index (χ0v) is 17.6. The minimum absolute atomic E-state index is 0.0637. The summed E-state index contributed by atoms with van der Waals surface area (Å²) in [5.74, 6) is -0.104. The van der Waals surface area contributed by atoms with Gasteiger partial charge in [0, 0.05) is 18.2 Å². The van der Waals surface area contributed by atoms with E-state index < -0.39 is 17.9 Å². The number of nitrogens with one attached hydrogen (secondary N) is 1. The number of Topliss-reactive ketones (excluding diaryl/α,β-unsaturated/α-hetero) is 1. The van der Waals surface area contributed by atoms with Gasteiger partial charge in [0.05, 0.1) is 6.04 Å². The molecule has 31 heavy (non-hydrogen) atoms. The first-order chi connectivity index (χ1) is 15.1. The molecule has 162 valence electrons. The fourth-order valence-corrected chi connectivity index (χ4v) is 4.44. The van der Waals surface area contributed by atoms with Gasteiger partial charge in [-0.25, -0.2) is 0 Å². The van der Waals surface area contributed by atoms with Crippen LogP contribution in [0.25, 0.3) is 0 Å². The first kappa shape index (κ1) is 21.1. The molecule has 2 aromatic carbocycles. The summed E-state index contributed by atoms with van der Waals surface area (Å²) in [7, 11) is 0. The van der Waals surface area contributed by atoms with Crippen LogP contribution in [0.5, 0.6) is 11.5 Å². The number of carbonyl (C=O) groups excluding carboxylic acids is 3. The number of nitrogens with zero attached hydrogens (tertiary/aromatic N) is 1. The highest BCUT2D eigenvalue weighted by Crippen LogP contribution is 2.26. The summed E-state index contributed by atoms with van der Waals surface area (Å²) in [5, 5.41) is 2.87. The van der Waals surface area contributed by atoms with Crippen molar-refractivity contribution in [1.29, 1.82) is 0 Å². The van der Waals surface area contributed by atoms with Crippen LogP contribution in [0.2, 0.25) is 0 Å². The van der Waals surface area contributed by atoms with Crippen molar-refractivity contribution in [3.63, 3.8) is 0 Å². The number of para-hydroxylation sites is 1. The molecule has 1 saturated heterocycles. The lowest BCUT2D eigenvalue weighted by Gasteiger charge is -2.26. The molecule has 1 unspecified atom stereocenters. The molecule has 2 amide bonds. The molecule has 6 nitrogen and oxygen atoms in total. The van der Waals surface area contributed by atoms with Gasteiger partial charge in [0.25, 0.3) is 0 Å². The van der Waals surface area contributed by atoms with Crippen LogP contribution in [0.3, 0.4) is 0 Å². The van der Waals surface area contributed by atoms with Gasteiger partial charge in [0.1, 0.15) is 11.5 Å². The highest BCUT2D eigenvalue weighted by molar-refractivity contribution is 6.35. The monoisotopic (exact) mass is 420 g/mol. The number of hydrogen-bond donors (Lipinski definition) is 1. The highest BCUT2D eigenvalue weighted by Gasteiger charge is 2.37. The largest absolute Gasteiger partial charge is 0.457 e. The second-order valence-electron chi connectivity index (χ2n) is 8.27. The van der Waals surface area contributed by atoms with Crippen LogP contribution >= 0.6 is 0 Å². The molecule has 0 spiro atoms. The molecule has 1 saturated carbocycles. The molecule has 4 rings (SSSR count). The SMILES string of the molecule is O=C(NC1CCCCC1)C(=O)N1CCCC1C(=O)c1cccc(Oc2ccccc2)c1. The van der Waals surface area contributed by atoms with Gasteiger partial charge in [-0.15, -0.1) is 0 Å². The predicted molar refractivity (Wildman–Crippen MR) is 117 cm³/mol. The second-order valence-corrected chi connectivity index (χ2v) is 8.27. The van der Waals surface area contributed by atoms with Crippen molar-refractivity contribution in [3.8, 4) is 11.5 Å². The number of carbonyl (C=O) groups is 3. The number of rotatable bonds is 5. The van der Waals surface area contributed by atoms with Crippen molar-refractivity contribution < 1.29 is 19.1 Å². The zero-order valence-electron chi connectivity index (χ0n) is 17.6. The number of benzene rings is 2. The molecule has 0 bridgehead atoms. The predicted octanol–water partition coefficient (Wildman–Crippen LogP) is 4.10. The summed E-state index contributed by atoms with van der Waals surface area (Å²) in [6, 6.07) is 15.8. The summed E-state index contributed by atoms with van der Waals surface area (Å²) in [5.41, 5.74) is 0.478. The minimum Gasteiger partial charge on any atom is -0.457 e. The molecule has 1 N–H and O–H groups in total. The lowest BCUT2D eigenvalue weighted by Crippen LogP contribution is -2.50. The zero-order chi connectivity index (χ0) is 21.6. The lowest BCUT2D eigenvalue weighted by atomic mass is 9.95. The number of likely N-dealkylation sites (tertiary alicyclic amines) is 1. The first-order valence-corrected chi connectivity index (χ1v) is 11.1. The van der Waals surface area contributed by atoms with Crippen molar-refractivity contribution in [2.45, 2.75) is 57.0 Å². The molecule has 6 heteroatoms. The third-order valence-corrected chi connectivity index (χ3v) is 6.05. The van der Waals surface area contributed by atoms with E-state index in [9.17, 15) is 14.4 Å². The fourth-order valence-electron chi connectivity index (χ4n) is 4.44. The van der Waals surface area contributed by atoms with E-state index in [0.29, 0.717) is 36.4 Å². The highest BCUT2D eigenvalue weighted by atomic mass is 16.5. The number of ketones is 1. The van der Waals surface area contributed by atoms with Crippen LogP contribution in [0.15, 0.2) is 54.6 Å². The Morgan fingerprint density at radius 2 is 1.58 bits per heavy atom. The molecular weight excluding hydrogens is 392 g/mol. The lowest BCUT2D eigenvalue weighted by molar-refractivity contribution is -0.146. The Hall–Kier alpha value is -3.15. The van der Waals surface area contributed by atoms with Crippen LogP contribution in [0.1, 0.15) is 55.3 Å². The molecule has 2 fully saturated rings. The van der Waals surface area contributed by atoms with E-state index in [1.165, 1.54) is 11.3 Å². The topological polar surface area (TPSA) is 75.7 Å². The maximum absolute atomic E-state index is 13.2. The smallest absolute Gasteiger partial charge is 0.312 e. The number of amides is 2. The molecule has 2 aliphatic rings. The Bertz CT molecular complexity index is 938. The van der Waals surface area contributed by atoms with E-state index in [4.69, 9.17) is 4.74 Å². The summed E-state index contributed by atoms with van der Waals surface area (Å²) in [4.78, 5) is 40.0. The van der Waals surface area contributed by atoms with Gasteiger partial charge >= 0.3 is 11.8 Å². The van der Waals surface area contributed by atoms with E-state index >= 15 is 0 Å². The number of hydrogen-bond acceptors (Lipinski definition) is 4. The standard InChI is InChI=1S/C25H28N2O4/c28-23(18-9-7-14-21(17-18)31-20-12-5-2-6-13-20)22-15-8-16-27(22)25(30)24(29)26-19-10-3-1-4-11-19/h2,5-7,9,12-14,17,19,22H,1,3-4,8,10-11,15-16H2,(H,26,29). The van der Waals surface area contributed by atoms with Crippen molar-refractivity contribution in [2.75, 3.05) is 6.54 Å². The number of ether oxygens (including phenoxy) is 1. The molecule has 1 heterocycles. The maximum Gasteiger partial charge on any atom is 0.312 e. The van der Waals surface area contributed by atoms with Crippen LogP contribution in [0.4, 0.5) is 0 Å². The van der Waals surface area contributed by atoms with Crippen LogP contribution < -0.4 is 10.1 Å². The van der Waals surface area contributed by atoms with E-state index in [-0.39, 0.29) is 11.8 Å². The third kappa shape index (κ3) is 5.13. The van der Waals surface area contributed by atoms with Crippen molar-refractivity contribution in [2.24, 2.45) is 0 Å². The first-order valence-electron chi connectivity index (χ1n) is 11.1. The fraction of sp³-hybridized carbons (Fsp3) is 0.400. The van der Waals surface area contributed by atoms with Crippen molar-refractivity contribution in [3.05, 3.63) is 60.2 Å². The average Bonchev–Trinajstić information content (AvgIpc) is 3.29. The molecule has 0 aromatic heterocycles. The normalized spacial score (nSPS) is 19.1. The van der Waals surface area contributed by atoms with E-state index in [2.05, 4.69) is 5.32 Å². The van der Waals surface area contributed by atoms with E-state index in [1.54, 1.807) is 24.3 Å². The minimum atomic E-state index is -0.614. The Morgan fingerprint density at radius 3 is 2.35 bits per heavy atom. The van der Waals surface area contributed by atoms with Gasteiger partial charge in [-0.2, -0.15) is 0 Å². The van der Waals surface area contributed by atoms with E-state index in [0.717, 1.165) is 25.7 Å². The van der Waals surface area contributed by atoms with Gasteiger partial charge in [0.2, 0.25) is 0 Å². The summed E-state index contributed by atoms with van der Waals surface area (Å²) in [6.07, 6.45) is 6.42. The van der Waals surface area contributed by atoms with Crippen molar-refractivity contribution in [1.82, 2.24) is 10.2 Å². The summed E-state index contributed by atoms with van der Waals surface area (Å²) >= 11 is 0. The third-order valence-electron chi connectivity index (χ3n) is 6.05. The average molecular weight is 421 g/mol. The van der Waals surface area contributed by atoms with Crippen LogP contribution in [0, 0.1) is 0 Å².